The lowest BCUT2D eigenvalue weighted by Crippen LogP contribution is -2.45. The van der Waals surface area contributed by atoms with Crippen molar-refractivity contribution >= 4 is 11.9 Å². The summed E-state index contributed by atoms with van der Waals surface area (Å²) < 4.78 is 10.6. The fourth-order valence-corrected chi connectivity index (χ4v) is 2.19. The Bertz CT molecular complexity index is 452. The van der Waals surface area contributed by atoms with Gasteiger partial charge in [-0.15, -0.1) is 0 Å². The van der Waals surface area contributed by atoms with E-state index in [9.17, 15) is 14.7 Å². The van der Waals surface area contributed by atoms with Crippen molar-refractivity contribution in [2.45, 2.75) is 44.6 Å². The normalized spacial score (nSPS) is 25.9. The molecule has 0 aromatic heterocycles. The number of hydrogen-bond acceptors (Lipinski definition) is 7. The zero-order valence-electron chi connectivity index (χ0n) is 13.6. The summed E-state index contributed by atoms with van der Waals surface area (Å²) in [4.78, 5) is 31.1. The van der Waals surface area contributed by atoms with Gasteiger partial charge in [-0.25, -0.2) is 4.79 Å². The van der Waals surface area contributed by atoms with Crippen LogP contribution in [0, 0.1) is 0 Å². The number of hydrogen-bond donors (Lipinski definition) is 2. The summed E-state index contributed by atoms with van der Waals surface area (Å²) in [7, 11) is 0. The van der Waals surface area contributed by atoms with Crippen LogP contribution in [0.25, 0.3) is 0 Å². The molecule has 0 aromatic rings. The highest BCUT2D eigenvalue weighted by molar-refractivity contribution is 6.05. The van der Waals surface area contributed by atoms with Crippen LogP contribution in [0.1, 0.15) is 20.8 Å². The summed E-state index contributed by atoms with van der Waals surface area (Å²) >= 11 is 0. The molecule has 2 fully saturated rings. The summed E-state index contributed by atoms with van der Waals surface area (Å²) in [5.41, 5.74) is -1.19. The number of nitrogens with zero attached hydrogens (tertiary/aromatic N) is 2. The van der Waals surface area contributed by atoms with E-state index >= 15 is 0 Å². The Kier molecular flexibility index (Phi) is 5.58. The Morgan fingerprint density at radius 2 is 2.09 bits per heavy atom. The van der Waals surface area contributed by atoms with Crippen LogP contribution in [-0.2, 0) is 19.1 Å². The number of rotatable bonds is 9. The lowest BCUT2D eigenvalue weighted by Gasteiger charge is -2.27. The molecule has 0 aromatic carbocycles. The van der Waals surface area contributed by atoms with Gasteiger partial charge < -0.3 is 19.7 Å². The largest absolute Gasteiger partial charge is 0.394 e. The average molecular weight is 332 g/mol. The van der Waals surface area contributed by atoms with E-state index in [1.165, 1.54) is 0 Å². The molecule has 2 aliphatic rings. The number of imide groups is 1. The molecule has 0 bridgehead atoms. The summed E-state index contributed by atoms with van der Waals surface area (Å²) in [6.07, 6.45) is -1.34. The number of ether oxygens (including phenoxy) is 2. The van der Waals surface area contributed by atoms with Crippen LogP contribution in [0.15, 0.2) is 0 Å². The Labute approximate surface area is 134 Å². The maximum absolute atomic E-state index is 12.4. The molecule has 0 saturated carbocycles. The zero-order chi connectivity index (χ0) is 17.2. The van der Waals surface area contributed by atoms with E-state index in [-0.39, 0.29) is 25.4 Å². The van der Waals surface area contributed by atoms with Crippen molar-refractivity contribution < 1.29 is 34.1 Å². The summed E-state index contributed by atoms with van der Waals surface area (Å²) in [6, 6.07) is -0.608. The molecule has 2 saturated heterocycles. The van der Waals surface area contributed by atoms with Gasteiger partial charge in [0.15, 0.2) is 0 Å². The molecule has 0 aliphatic carbocycles. The van der Waals surface area contributed by atoms with Crippen molar-refractivity contribution in [3.63, 3.8) is 0 Å². The van der Waals surface area contributed by atoms with Crippen LogP contribution in [-0.4, -0.2) is 88.9 Å². The SMILES string of the molecule is CC(CN1C(=O)N(OCC(O)CO)C(C)(C)C1=O)OCC1CO1. The third-order valence-electron chi connectivity index (χ3n) is 3.70. The molecule has 0 radical (unpaired) electrons. The van der Waals surface area contributed by atoms with Crippen LogP contribution in [0.3, 0.4) is 0 Å². The molecule has 2 heterocycles. The van der Waals surface area contributed by atoms with E-state index in [4.69, 9.17) is 19.4 Å². The molecule has 2 aliphatic heterocycles. The number of hydroxylamine groups is 2. The molecule has 132 valence electrons. The monoisotopic (exact) mass is 332 g/mol. The van der Waals surface area contributed by atoms with Crippen LogP contribution >= 0.6 is 0 Å². The molecule has 0 spiro atoms. The molecule has 2 N–H and O–H groups in total. The van der Waals surface area contributed by atoms with Crippen LogP contribution < -0.4 is 0 Å². The lowest BCUT2D eigenvalue weighted by atomic mass is 10.1. The van der Waals surface area contributed by atoms with E-state index < -0.39 is 30.2 Å². The second kappa shape index (κ2) is 7.10. The van der Waals surface area contributed by atoms with E-state index in [0.29, 0.717) is 13.2 Å². The zero-order valence-corrected chi connectivity index (χ0v) is 13.6. The van der Waals surface area contributed by atoms with Gasteiger partial charge in [-0.2, -0.15) is 5.06 Å². The molecule has 2 rings (SSSR count). The predicted octanol–water partition coefficient (Wildman–Crippen LogP) is -0.882. The summed E-state index contributed by atoms with van der Waals surface area (Å²) in [5, 5.41) is 19.1. The Morgan fingerprint density at radius 3 is 2.65 bits per heavy atom. The minimum absolute atomic E-state index is 0.107. The number of aliphatic hydroxyl groups is 2. The second-order valence-electron chi connectivity index (χ2n) is 6.28. The number of urea groups is 1. The molecule has 9 heteroatoms. The first-order valence-corrected chi connectivity index (χ1v) is 7.58. The van der Waals surface area contributed by atoms with Crippen molar-refractivity contribution in [1.82, 2.24) is 9.96 Å². The van der Waals surface area contributed by atoms with Crippen molar-refractivity contribution in [3.8, 4) is 0 Å². The number of amides is 3. The van der Waals surface area contributed by atoms with Crippen LogP contribution in [0.5, 0.6) is 0 Å². The third-order valence-corrected chi connectivity index (χ3v) is 3.70. The van der Waals surface area contributed by atoms with Gasteiger partial charge in [-0.05, 0) is 20.8 Å². The number of epoxide rings is 1. The standard InChI is InChI=1S/C14H24N2O7/c1-9(21-7-11-8-22-11)4-15-12(19)14(2,3)16(13(15)20)23-6-10(18)5-17/h9-11,17-18H,4-8H2,1-3H3. The van der Waals surface area contributed by atoms with Gasteiger partial charge in [0.05, 0.1) is 32.5 Å². The van der Waals surface area contributed by atoms with E-state index in [2.05, 4.69) is 0 Å². The first kappa shape index (κ1) is 18.1. The minimum atomic E-state index is -1.19. The Hall–Kier alpha value is -1.26. The molecule has 3 unspecified atom stereocenters. The average Bonchev–Trinajstić information content (AvgIpc) is 3.30. The molecule has 23 heavy (non-hydrogen) atoms. The van der Waals surface area contributed by atoms with Gasteiger partial charge in [0.2, 0.25) is 0 Å². The third kappa shape index (κ3) is 4.18. The van der Waals surface area contributed by atoms with Gasteiger partial charge >= 0.3 is 6.03 Å². The number of aliphatic hydroxyl groups excluding tert-OH is 2. The van der Waals surface area contributed by atoms with E-state index in [1.807, 2.05) is 0 Å². The lowest BCUT2D eigenvalue weighted by molar-refractivity contribution is -0.182. The maximum atomic E-state index is 12.4. The van der Waals surface area contributed by atoms with Gasteiger partial charge in [0.1, 0.15) is 24.4 Å². The minimum Gasteiger partial charge on any atom is -0.394 e. The van der Waals surface area contributed by atoms with Gasteiger partial charge in [0, 0.05) is 0 Å². The molecular formula is C14H24N2O7. The van der Waals surface area contributed by atoms with Gasteiger partial charge in [0.25, 0.3) is 5.91 Å². The Balaban J connectivity index is 1.94. The van der Waals surface area contributed by atoms with Crippen molar-refractivity contribution in [2.24, 2.45) is 0 Å². The highest BCUT2D eigenvalue weighted by Crippen LogP contribution is 2.28. The molecule has 9 nitrogen and oxygen atoms in total. The smallest absolute Gasteiger partial charge is 0.351 e. The van der Waals surface area contributed by atoms with Crippen molar-refractivity contribution in [3.05, 3.63) is 0 Å². The molecule has 3 atom stereocenters. The topological polar surface area (TPSA) is 112 Å². The predicted molar refractivity (Wildman–Crippen MR) is 77.2 cm³/mol. The highest BCUT2D eigenvalue weighted by atomic mass is 16.7. The fourth-order valence-electron chi connectivity index (χ4n) is 2.19. The van der Waals surface area contributed by atoms with E-state index in [0.717, 1.165) is 9.96 Å². The number of carbonyl (C=O) groups is 2. The van der Waals surface area contributed by atoms with E-state index in [1.54, 1.807) is 20.8 Å². The first-order chi connectivity index (χ1) is 10.8. The summed E-state index contributed by atoms with van der Waals surface area (Å²) in [6.45, 7) is 5.33. The van der Waals surface area contributed by atoms with Gasteiger partial charge in [-0.3, -0.25) is 14.5 Å². The first-order valence-electron chi connectivity index (χ1n) is 7.58. The molecular weight excluding hydrogens is 308 g/mol. The van der Waals surface area contributed by atoms with Gasteiger partial charge in [-0.1, -0.05) is 0 Å². The van der Waals surface area contributed by atoms with Crippen molar-refractivity contribution in [2.75, 3.05) is 33.0 Å². The second-order valence-corrected chi connectivity index (χ2v) is 6.28. The quantitative estimate of drug-likeness (QED) is 0.416. The highest BCUT2D eigenvalue weighted by Gasteiger charge is 2.53. The molecule has 3 amide bonds. The van der Waals surface area contributed by atoms with Crippen molar-refractivity contribution in [1.29, 1.82) is 0 Å². The fraction of sp³-hybridized carbons (Fsp3) is 0.857. The Morgan fingerprint density at radius 1 is 1.43 bits per heavy atom. The number of carbonyl (C=O) groups excluding carboxylic acids is 2. The maximum Gasteiger partial charge on any atom is 0.351 e. The van der Waals surface area contributed by atoms with Crippen LogP contribution in [0.2, 0.25) is 0 Å². The van der Waals surface area contributed by atoms with Crippen LogP contribution in [0.4, 0.5) is 4.79 Å². The summed E-state index contributed by atoms with van der Waals surface area (Å²) in [5.74, 6) is -0.404.